The Hall–Kier alpha value is -0.800. The van der Waals surface area contributed by atoms with Crippen LogP contribution in [0.2, 0.25) is 0 Å². The first kappa shape index (κ1) is 12.7. The molecule has 2 atom stereocenters. The zero-order chi connectivity index (χ0) is 12.3. The molecule has 0 aromatic carbocycles. The SMILES string of the molecule is CC(C)NCC1(Cc2ccoc2)CCOC1C. The molecular formula is C14H23NO2. The van der Waals surface area contributed by atoms with E-state index in [9.17, 15) is 0 Å². The van der Waals surface area contributed by atoms with E-state index in [-0.39, 0.29) is 5.41 Å². The molecule has 2 rings (SSSR count). The molecule has 2 heterocycles. The van der Waals surface area contributed by atoms with E-state index in [4.69, 9.17) is 9.15 Å². The molecule has 0 aliphatic carbocycles. The number of rotatable bonds is 5. The minimum absolute atomic E-state index is 0.216. The largest absolute Gasteiger partial charge is 0.472 e. The molecule has 3 heteroatoms. The summed E-state index contributed by atoms with van der Waals surface area (Å²) in [6.45, 7) is 8.45. The lowest BCUT2D eigenvalue weighted by Crippen LogP contribution is -2.43. The van der Waals surface area contributed by atoms with E-state index in [0.29, 0.717) is 12.1 Å². The van der Waals surface area contributed by atoms with Crippen molar-refractivity contribution in [1.29, 1.82) is 0 Å². The van der Waals surface area contributed by atoms with Crippen molar-refractivity contribution in [1.82, 2.24) is 5.32 Å². The van der Waals surface area contributed by atoms with Gasteiger partial charge in [0, 0.05) is 24.6 Å². The van der Waals surface area contributed by atoms with Crippen LogP contribution in [0.15, 0.2) is 23.0 Å². The van der Waals surface area contributed by atoms with Crippen LogP contribution in [0.1, 0.15) is 32.8 Å². The molecule has 0 saturated carbocycles. The van der Waals surface area contributed by atoms with Crippen molar-refractivity contribution in [2.24, 2.45) is 5.41 Å². The van der Waals surface area contributed by atoms with Gasteiger partial charge in [-0.1, -0.05) is 13.8 Å². The Bertz CT molecular complexity index is 334. The van der Waals surface area contributed by atoms with Crippen LogP contribution in [-0.4, -0.2) is 25.3 Å². The normalized spacial score (nSPS) is 29.1. The molecule has 17 heavy (non-hydrogen) atoms. The van der Waals surface area contributed by atoms with Crippen molar-refractivity contribution in [2.45, 2.75) is 45.8 Å². The highest BCUT2D eigenvalue weighted by atomic mass is 16.5. The molecule has 0 spiro atoms. The third-order valence-corrected chi connectivity index (χ3v) is 3.83. The van der Waals surface area contributed by atoms with E-state index in [0.717, 1.165) is 26.0 Å². The topological polar surface area (TPSA) is 34.4 Å². The Morgan fingerprint density at radius 2 is 2.35 bits per heavy atom. The predicted octanol–water partition coefficient (Wildman–Crippen LogP) is 2.62. The molecule has 1 N–H and O–H groups in total. The fourth-order valence-corrected chi connectivity index (χ4v) is 2.55. The predicted molar refractivity (Wildman–Crippen MR) is 68.0 cm³/mol. The smallest absolute Gasteiger partial charge is 0.0934 e. The number of ether oxygens (including phenoxy) is 1. The van der Waals surface area contributed by atoms with E-state index in [1.807, 2.05) is 6.26 Å². The van der Waals surface area contributed by atoms with Crippen molar-refractivity contribution in [3.8, 4) is 0 Å². The van der Waals surface area contributed by atoms with Crippen LogP contribution in [0.4, 0.5) is 0 Å². The maximum absolute atomic E-state index is 5.78. The maximum atomic E-state index is 5.78. The molecule has 1 aromatic rings. The second kappa shape index (κ2) is 5.23. The Morgan fingerprint density at radius 3 is 2.88 bits per heavy atom. The highest BCUT2D eigenvalue weighted by molar-refractivity contribution is 5.11. The van der Waals surface area contributed by atoms with Crippen LogP contribution in [-0.2, 0) is 11.2 Å². The summed E-state index contributed by atoms with van der Waals surface area (Å²) in [5.74, 6) is 0. The van der Waals surface area contributed by atoms with Crippen LogP contribution in [0.3, 0.4) is 0 Å². The first-order chi connectivity index (χ1) is 8.12. The van der Waals surface area contributed by atoms with Crippen LogP contribution in [0.5, 0.6) is 0 Å². The summed E-state index contributed by atoms with van der Waals surface area (Å²) < 4.78 is 10.9. The van der Waals surface area contributed by atoms with Crippen molar-refractivity contribution in [3.05, 3.63) is 24.2 Å². The second-order valence-corrected chi connectivity index (χ2v) is 5.47. The Balaban J connectivity index is 2.07. The van der Waals surface area contributed by atoms with Gasteiger partial charge in [0.15, 0.2) is 0 Å². The summed E-state index contributed by atoms with van der Waals surface area (Å²) in [6, 6.07) is 2.58. The van der Waals surface area contributed by atoms with Crippen LogP contribution in [0, 0.1) is 5.41 Å². The van der Waals surface area contributed by atoms with Crippen molar-refractivity contribution in [3.63, 3.8) is 0 Å². The van der Waals surface area contributed by atoms with Gasteiger partial charge in [-0.25, -0.2) is 0 Å². The van der Waals surface area contributed by atoms with Crippen molar-refractivity contribution >= 4 is 0 Å². The first-order valence-electron chi connectivity index (χ1n) is 6.48. The molecular weight excluding hydrogens is 214 g/mol. The molecule has 0 radical (unpaired) electrons. The monoisotopic (exact) mass is 237 g/mol. The van der Waals surface area contributed by atoms with Gasteiger partial charge in [-0.15, -0.1) is 0 Å². The summed E-state index contributed by atoms with van der Waals surface area (Å²) in [4.78, 5) is 0. The van der Waals surface area contributed by atoms with Crippen molar-refractivity contribution in [2.75, 3.05) is 13.2 Å². The molecule has 96 valence electrons. The quantitative estimate of drug-likeness (QED) is 0.855. The molecule has 3 nitrogen and oxygen atoms in total. The van der Waals surface area contributed by atoms with E-state index < -0.39 is 0 Å². The van der Waals surface area contributed by atoms with E-state index in [1.165, 1.54) is 5.56 Å². The highest BCUT2D eigenvalue weighted by Crippen LogP contribution is 2.37. The molecule has 0 amide bonds. The van der Waals surface area contributed by atoms with Crippen molar-refractivity contribution < 1.29 is 9.15 Å². The minimum Gasteiger partial charge on any atom is -0.472 e. The van der Waals surface area contributed by atoms with Gasteiger partial charge in [0.25, 0.3) is 0 Å². The molecule has 1 aromatic heterocycles. The average Bonchev–Trinajstić information content (AvgIpc) is 2.88. The number of hydrogen-bond donors (Lipinski definition) is 1. The number of nitrogens with one attached hydrogen (secondary N) is 1. The minimum atomic E-state index is 0.216. The standard InChI is InChI=1S/C14H23NO2/c1-11(2)15-10-14(5-7-17-12(14)3)8-13-4-6-16-9-13/h4,6,9,11-12,15H,5,7-8,10H2,1-3H3. The number of furan rings is 1. The number of hydrogen-bond acceptors (Lipinski definition) is 3. The molecule has 1 fully saturated rings. The summed E-state index contributed by atoms with van der Waals surface area (Å²) in [6.07, 6.45) is 6.06. The van der Waals surface area contributed by atoms with Gasteiger partial charge >= 0.3 is 0 Å². The molecule has 2 unspecified atom stereocenters. The van der Waals surface area contributed by atoms with Crippen LogP contribution >= 0.6 is 0 Å². The van der Waals surface area contributed by atoms with Gasteiger partial charge in [-0.05, 0) is 31.4 Å². The molecule has 1 aliphatic heterocycles. The Labute approximate surface area is 104 Å². The lowest BCUT2D eigenvalue weighted by molar-refractivity contribution is 0.0620. The van der Waals surface area contributed by atoms with Crippen LogP contribution in [0.25, 0.3) is 0 Å². The average molecular weight is 237 g/mol. The van der Waals surface area contributed by atoms with Gasteiger partial charge in [0.1, 0.15) is 0 Å². The highest BCUT2D eigenvalue weighted by Gasteiger charge is 2.41. The van der Waals surface area contributed by atoms with Gasteiger partial charge in [-0.2, -0.15) is 0 Å². The third-order valence-electron chi connectivity index (χ3n) is 3.83. The fourth-order valence-electron chi connectivity index (χ4n) is 2.55. The lowest BCUT2D eigenvalue weighted by Gasteiger charge is -2.33. The van der Waals surface area contributed by atoms with Gasteiger partial charge in [0.05, 0.1) is 18.6 Å². The lowest BCUT2D eigenvalue weighted by atomic mass is 9.76. The summed E-state index contributed by atoms with van der Waals surface area (Å²) in [7, 11) is 0. The second-order valence-electron chi connectivity index (χ2n) is 5.47. The van der Waals surface area contributed by atoms with E-state index >= 15 is 0 Å². The zero-order valence-corrected chi connectivity index (χ0v) is 11.0. The third kappa shape index (κ3) is 2.90. The fraction of sp³-hybridized carbons (Fsp3) is 0.714. The summed E-state index contributed by atoms with van der Waals surface area (Å²) >= 11 is 0. The Kier molecular flexibility index (Phi) is 3.89. The van der Waals surface area contributed by atoms with Gasteiger partial charge < -0.3 is 14.5 Å². The molecule has 0 bridgehead atoms. The van der Waals surface area contributed by atoms with E-state index in [2.05, 4.69) is 32.2 Å². The van der Waals surface area contributed by atoms with Gasteiger partial charge in [0.2, 0.25) is 0 Å². The van der Waals surface area contributed by atoms with Gasteiger partial charge in [-0.3, -0.25) is 0 Å². The summed E-state index contributed by atoms with van der Waals surface area (Å²) in [5, 5.41) is 3.56. The Morgan fingerprint density at radius 1 is 1.53 bits per heavy atom. The zero-order valence-electron chi connectivity index (χ0n) is 11.0. The van der Waals surface area contributed by atoms with Crippen LogP contribution < -0.4 is 5.32 Å². The molecule has 1 saturated heterocycles. The summed E-state index contributed by atoms with van der Waals surface area (Å²) in [5.41, 5.74) is 1.49. The van der Waals surface area contributed by atoms with E-state index in [1.54, 1.807) is 6.26 Å². The molecule has 1 aliphatic rings. The maximum Gasteiger partial charge on any atom is 0.0934 e. The first-order valence-corrected chi connectivity index (χ1v) is 6.48.